The predicted octanol–water partition coefficient (Wildman–Crippen LogP) is 3.67. The molecule has 0 aliphatic carbocycles. The fourth-order valence-corrected chi connectivity index (χ4v) is 2.64. The lowest BCUT2D eigenvalue weighted by Gasteiger charge is -2.10. The molecule has 2 amide bonds. The molecule has 3 rings (SSSR count). The molecule has 0 spiro atoms. The van der Waals surface area contributed by atoms with Gasteiger partial charge in [-0.15, -0.1) is 0 Å². The first-order valence-electron chi connectivity index (χ1n) is 9.22. The van der Waals surface area contributed by atoms with Gasteiger partial charge in [0.25, 0.3) is 5.56 Å². The smallest absolute Gasteiger partial charge is 0.325 e. The molecule has 0 atom stereocenters. The number of benzene rings is 2. The van der Waals surface area contributed by atoms with E-state index in [1.807, 2.05) is 13.8 Å². The van der Waals surface area contributed by atoms with Crippen LogP contribution in [0.1, 0.15) is 13.8 Å². The number of nitrogens with zero attached hydrogens (tertiary/aromatic N) is 2. The van der Waals surface area contributed by atoms with Crippen LogP contribution in [0.25, 0.3) is 5.69 Å². The van der Waals surface area contributed by atoms with Crippen molar-refractivity contribution in [2.45, 2.75) is 13.8 Å². The van der Waals surface area contributed by atoms with E-state index in [4.69, 9.17) is 9.47 Å². The van der Waals surface area contributed by atoms with Crippen LogP contribution in [0.3, 0.4) is 0 Å². The van der Waals surface area contributed by atoms with Crippen molar-refractivity contribution in [3.63, 3.8) is 0 Å². The lowest BCUT2D eigenvalue weighted by molar-refractivity contribution is 0.262. The van der Waals surface area contributed by atoms with Crippen LogP contribution in [0.5, 0.6) is 11.5 Å². The number of aromatic nitrogens is 2. The number of nitrogens with one attached hydrogen (secondary N) is 2. The predicted molar refractivity (Wildman–Crippen MR) is 111 cm³/mol. The molecule has 29 heavy (non-hydrogen) atoms. The number of urea groups is 1. The number of hydrogen-bond donors (Lipinski definition) is 2. The van der Waals surface area contributed by atoms with Gasteiger partial charge in [-0.3, -0.25) is 14.7 Å². The summed E-state index contributed by atoms with van der Waals surface area (Å²) in [7, 11) is 0. The van der Waals surface area contributed by atoms with Crippen LogP contribution in [0, 0.1) is 0 Å². The molecule has 0 fully saturated rings. The Morgan fingerprint density at radius 2 is 1.52 bits per heavy atom. The zero-order valence-corrected chi connectivity index (χ0v) is 16.2. The summed E-state index contributed by atoms with van der Waals surface area (Å²) in [4.78, 5) is 28.9. The standard InChI is InChI=1S/C21H22N4O4/c1-3-28-17-9-5-15(6-10-17)23-21(27)24-19-20(26)25(14-13-22-19)16-7-11-18(12-8-16)29-4-2/h5-14H,3-4H2,1-2H3,(H2,22,23,24,27). The molecule has 0 bridgehead atoms. The highest BCUT2D eigenvalue weighted by Crippen LogP contribution is 2.16. The van der Waals surface area contributed by atoms with E-state index in [1.165, 1.54) is 17.0 Å². The number of hydrogen-bond acceptors (Lipinski definition) is 5. The molecule has 2 N–H and O–H groups in total. The van der Waals surface area contributed by atoms with Gasteiger partial charge in [0.2, 0.25) is 5.82 Å². The van der Waals surface area contributed by atoms with Crippen LogP contribution in [0.15, 0.2) is 65.7 Å². The van der Waals surface area contributed by atoms with E-state index in [0.29, 0.717) is 36.1 Å². The Balaban J connectivity index is 1.72. The molecule has 0 radical (unpaired) electrons. The number of amides is 2. The second kappa shape index (κ2) is 9.41. The molecular formula is C21H22N4O4. The summed E-state index contributed by atoms with van der Waals surface area (Å²) in [5, 5.41) is 5.15. The molecule has 0 aliphatic heterocycles. The van der Waals surface area contributed by atoms with Crippen LogP contribution in [-0.4, -0.2) is 28.8 Å². The van der Waals surface area contributed by atoms with Crippen molar-refractivity contribution < 1.29 is 14.3 Å². The molecule has 8 heteroatoms. The molecule has 150 valence electrons. The van der Waals surface area contributed by atoms with Gasteiger partial charge in [0.1, 0.15) is 11.5 Å². The quantitative estimate of drug-likeness (QED) is 0.638. The number of ether oxygens (including phenoxy) is 2. The second-order valence-electron chi connectivity index (χ2n) is 5.91. The molecule has 3 aromatic rings. The molecule has 0 aliphatic rings. The fourth-order valence-electron chi connectivity index (χ4n) is 2.64. The first kappa shape index (κ1) is 19.9. The molecular weight excluding hydrogens is 372 g/mol. The van der Waals surface area contributed by atoms with Crippen molar-refractivity contribution in [3.05, 3.63) is 71.3 Å². The molecule has 2 aromatic carbocycles. The highest BCUT2D eigenvalue weighted by molar-refractivity contribution is 5.99. The van der Waals surface area contributed by atoms with Crippen LogP contribution in [0.2, 0.25) is 0 Å². The Hall–Kier alpha value is -3.81. The maximum atomic E-state index is 12.7. The normalized spacial score (nSPS) is 10.3. The summed E-state index contributed by atoms with van der Waals surface area (Å²) >= 11 is 0. The van der Waals surface area contributed by atoms with Gasteiger partial charge < -0.3 is 14.8 Å². The molecule has 1 aromatic heterocycles. The van der Waals surface area contributed by atoms with E-state index in [2.05, 4.69) is 15.6 Å². The van der Waals surface area contributed by atoms with Gasteiger partial charge >= 0.3 is 6.03 Å². The number of rotatable bonds is 7. The number of anilines is 2. The third-order valence-electron chi connectivity index (χ3n) is 3.92. The van der Waals surface area contributed by atoms with Crippen molar-refractivity contribution in [1.29, 1.82) is 0 Å². The maximum absolute atomic E-state index is 12.7. The zero-order valence-electron chi connectivity index (χ0n) is 16.2. The lowest BCUT2D eigenvalue weighted by Crippen LogP contribution is -2.28. The van der Waals surface area contributed by atoms with Gasteiger partial charge in [-0.1, -0.05) is 0 Å². The van der Waals surface area contributed by atoms with Gasteiger partial charge in [-0.05, 0) is 62.4 Å². The SMILES string of the molecule is CCOc1ccc(NC(=O)Nc2nccn(-c3ccc(OCC)cc3)c2=O)cc1. The van der Waals surface area contributed by atoms with Crippen molar-refractivity contribution in [2.24, 2.45) is 0 Å². The van der Waals surface area contributed by atoms with Crippen LogP contribution < -0.4 is 25.7 Å². The first-order valence-corrected chi connectivity index (χ1v) is 9.22. The first-order chi connectivity index (χ1) is 14.1. The summed E-state index contributed by atoms with van der Waals surface area (Å²) in [6.07, 6.45) is 2.98. The van der Waals surface area contributed by atoms with Crippen molar-refractivity contribution in [2.75, 3.05) is 23.8 Å². The molecule has 0 saturated heterocycles. The summed E-state index contributed by atoms with van der Waals surface area (Å²) in [5.74, 6) is 1.35. The van der Waals surface area contributed by atoms with Crippen molar-refractivity contribution in [1.82, 2.24) is 9.55 Å². The van der Waals surface area contributed by atoms with Crippen LogP contribution in [-0.2, 0) is 0 Å². The second-order valence-corrected chi connectivity index (χ2v) is 5.91. The summed E-state index contributed by atoms with van der Waals surface area (Å²) < 4.78 is 12.2. The van der Waals surface area contributed by atoms with E-state index in [0.717, 1.165) is 0 Å². The van der Waals surface area contributed by atoms with Crippen LogP contribution >= 0.6 is 0 Å². The Labute approximate surface area is 168 Å². The van der Waals surface area contributed by atoms with Gasteiger partial charge in [0, 0.05) is 23.8 Å². The third-order valence-corrected chi connectivity index (χ3v) is 3.92. The Kier molecular flexibility index (Phi) is 6.47. The molecule has 0 unspecified atom stereocenters. The average Bonchev–Trinajstić information content (AvgIpc) is 2.72. The highest BCUT2D eigenvalue weighted by atomic mass is 16.5. The monoisotopic (exact) mass is 394 g/mol. The Bertz CT molecular complexity index is 1010. The third kappa shape index (κ3) is 5.13. The van der Waals surface area contributed by atoms with Gasteiger partial charge in [0.05, 0.1) is 13.2 Å². The average molecular weight is 394 g/mol. The highest BCUT2D eigenvalue weighted by Gasteiger charge is 2.10. The van der Waals surface area contributed by atoms with Crippen molar-refractivity contribution in [3.8, 4) is 17.2 Å². The Morgan fingerprint density at radius 3 is 2.10 bits per heavy atom. The fraction of sp³-hybridized carbons (Fsp3) is 0.190. The minimum Gasteiger partial charge on any atom is -0.494 e. The topological polar surface area (TPSA) is 94.5 Å². The van der Waals surface area contributed by atoms with E-state index < -0.39 is 11.6 Å². The summed E-state index contributed by atoms with van der Waals surface area (Å²) in [5.41, 5.74) is 0.753. The van der Waals surface area contributed by atoms with Crippen molar-refractivity contribution >= 4 is 17.5 Å². The maximum Gasteiger partial charge on any atom is 0.325 e. The van der Waals surface area contributed by atoms with E-state index in [9.17, 15) is 9.59 Å². The number of carbonyl (C=O) groups is 1. The van der Waals surface area contributed by atoms with E-state index in [1.54, 1.807) is 48.5 Å². The molecule has 8 nitrogen and oxygen atoms in total. The van der Waals surface area contributed by atoms with Crippen LogP contribution in [0.4, 0.5) is 16.3 Å². The minimum absolute atomic E-state index is 0.0789. The van der Waals surface area contributed by atoms with Gasteiger partial charge in [0.15, 0.2) is 0 Å². The zero-order chi connectivity index (χ0) is 20.6. The molecule has 0 saturated carbocycles. The largest absolute Gasteiger partial charge is 0.494 e. The number of carbonyl (C=O) groups excluding carboxylic acids is 1. The van der Waals surface area contributed by atoms with Gasteiger partial charge in [-0.25, -0.2) is 9.78 Å². The molecule has 1 heterocycles. The Morgan fingerprint density at radius 1 is 0.931 bits per heavy atom. The minimum atomic E-state index is -0.566. The van der Waals surface area contributed by atoms with E-state index in [-0.39, 0.29) is 5.82 Å². The summed E-state index contributed by atoms with van der Waals surface area (Å²) in [6.45, 7) is 4.92. The lowest BCUT2D eigenvalue weighted by atomic mass is 10.3. The summed E-state index contributed by atoms with van der Waals surface area (Å²) in [6, 6.07) is 13.4. The van der Waals surface area contributed by atoms with Gasteiger partial charge in [-0.2, -0.15) is 0 Å². The van der Waals surface area contributed by atoms with E-state index >= 15 is 0 Å².